The molecule has 0 fully saturated rings. The number of carbonyl (C=O) groups is 1. The molecule has 0 aliphatic rings. The Balaban J connectivity index is 1.83. The van der Waals surface area contributed by atoms with Crippen LogP contribution in [0.25, 0.3) is 0 Å². The lowest BCUT2D eigenvalue weighted by Gasteiger charge is -2.13. The number of carbonyl (C=O) groups excluding carboxylic acids is 1. The number of amides is 2. The molecule has 0 bridgehead atoms. The summed E-state index contributed by atoms with van der Waals surface area (Å²) in [5.41, 5.74) is 1.92. The number of hydrogen-bond donors (Lipinski definition) is 2. The van der Waals surface area contributed by atoms with Gasteiger partial charge in [-0.15, -0.1) is 11.8 Å². The smallest absolute Gasteiger partial charge is 0.319 e. The summed E-state index contributed by atoms with van der Waals surface area (Å²) in [6, 6.07) is 5.97. The van der Waals surface area contributed by atoms with Gasteiger partial charge in [-0.2, -0.15) is 0 Å². The molecular formula is C17H24N4OS. The number of benzene rings is 1. The van der Waals surface area contributed by atoms with E-state index >= 15 is 0 Å². The van der Waals surface area contributed by atoms with Crippen LogP contribution in [0.1, 0.15) is 25.8 Å². The Labute approximate surface area is 141 Å². The van der Waals surface area contributed by atoms with Gasteiger partial charge in [-0.25, -0.2) is 9.78 Å². The van der Waals surface area contributed by atoms with Gasteiger partial charge in [-0.3, -0.25) is 0 Å². The van der Waals surface area contributed by atoms with E-state index in [0.717, 1.165) is 17.7 Å². The lowest BCUT2D eigenvalue weighted by molar-refractivity contribution is 0.251. The molecule has 6 heteroatoms. The predicted molar refractivity (Wildman–Crippen MR) is 96.0 cm³/mol. The van der Waals surface area contributed by atoms with E-state index in [0.29, 0.717) is 18.3 Å². The normalized spacial score (nSPS) is 12.0. The molecule has 0 spiro atoms. The lowest BCUT2D eigenvalue weighted by atomic mass is 10.2. The molecule has 0 aliphatic heterocycles. The molecule has 1 atom stereocenters. The van der Waals surface area contributed by atoms with Crippen LogP contribution in [0.4, 0.5) is 10.5 Å². The number of thioether (sulfide) groups is 1. The van der Waals surface area contributed by atoms with Gasteiger partial charge < -0.3 is 15.2 Å². The summed E-state index contributed by atoms with van der Waals surface area (Å²) < 4.78 is 1.92. The molecule has 1 aromatic carbocycles. The van der Waals surface area contributed by atoms with Crippen LogP contribution in [0.2, 0.25) is 0 Å². The quantitative estimate of drug-likeness (QED) is 0.756. The second kappa shape index (κ2) is 8.62. The standard InChI is InChI=1S/C17H24N4OS/c1-4-14(3)23-15-5-6-16(13(2)11-15)20-17(22)19-8-10-21-9-7-18-12-21/h5-7,9,11-12,14H,4,8,10H2,1-3H3,(H2,19,20,22)/t14-/m1/s1. The van der Waals surface area contributed by atoms with Gasteiger partial charge in [-0.1, -0.05) is 13.8 Å². The molecule has 1 aromatic heterocycles. The highest BCUT2D eigenvalue weighted by atomic mass is 32.2. The molecule has 2 N–H and O–H groups in total. The molecule has 0 radical (unpaired) electrons. The van der Waals surface area contributed by atoms with E-state index in [-0.39, 0.29) is 6.03 Å². The van der Waals surface area contributed by atoms with Crippen LogP contribution < -0.4 is 10.6 Å². The fourth-order valence-corrected chi connectivity index (χ4v) is 3.07. The number of nitrogens with one attached hydrogen (secondary N) is 2. The van der Waals surface area contributed by atoms with Crippen LogP contribution in [0, 0.1) is 6.92 Å². The molecule has 2 rings (SSSR count). The number of hydrogen-bond acceptors (Lipinski definition) is 3. The zero-order chi connectivity index (χ0) is 16.7. The van der Waals surface area contributed by atoms with Crippen LogP contribution in [0.5, 0.6) is 0 Å². The average Bonchev–Trinajstić information content (AvgIpc) is 3.03. The van der Waals surface area contributed by atoms with E-state index < -0.39 is 0 Å². The molecule has 5 nitrogen and oxygen atoms in total. The molecule has 124 valence electrons. The maximum Gasteiger partial charge on any atom is 0.319 e. The average molecular weight is 332 g/mol. The lowest BCUT2D eigenvalue weighted by Crippen LogP contribution is -2.31. The van der Waals surface area contributed by atoms with E-state index in [1.54, 1.807) is 12.5 Å². The third-order valence-electron chi connectivity index (χ3n) is 3.57. The van der Waals surface area contributed by atoms with Crippen molar-refractivity contribution in [1.82, 2.24) is 14.9 Å². The van der Waals surface area contributed by atoms with Crippen LogP contribution in [0.3, 0.4) is 0 Å². The van der Waals surface area contributed by atoms with E-state index in [4.69, 9.17) is 0 Å². The fraction of sp³-hybridized carbons (Fsp3) is 0.412. The molecule has 0 saturated carbocycles. The van der Waals surface area contributed by atoms with Crippen LogP contribution >= 0.6 is 11.8 Å². The van der Waals surface area contributed by atoms with Crippen LogP contribution in [-0.2, 0) is 6.54 Å². The number of nitrogens with zero attached hydrogens (tertiary/aromatic N) is 2. The molecule has 0 aliphatic carbocycles. The zero-order valence-electron chi connectivity index (χ0n) is 13.9. The first kappa shape index (κ1) is 17.4. The monoisotopic (exact) mass is 332 g/mol. The number of imidazole rings is 1. The van der Waals surface area contributed by atoms with Crippen molar-refractivity contribution in [3.8, 4) is 0 Å². The minimum atomic E-state index is -0.185. The molecule has 23 heavy (non-hydrogen) atoms. The van der Waals surface area contributed by atoms with Crippen molar-refractivity contribution in [3.63, 3.8) is 0 Å². The van der Waals surface area contributed by atoms with Crippen molar-refractivity contribution in [2.75, 3.05) is 11.9 Å². The van der Waals surface area contributed by atoms with E-state index in [1.807, 2.05) is 35.5 Å². The SMILES string of the molecule is CC[C@@H](C)Sc1ccc(NC(=O)NCCn2ccnc2)c(C)c1. The third-order valence-corrected chi connectivity index (χ3v) is 4.83. The summed E-state index contributed by atoms with van der Waals surface area (Å²) >= 11 is 1.86. The first-order chi connectivity index (χ1) is 11.1. The second-order valence-electron chi connectivity index (χ2n) is 5.49. The predicted octanol–water partition coefficient (Wildman–Crippen LogP) is 3.90. The molecule has 2 amide bonds. The summed E-state index contributed by atoms with van der Waals surface area (Å²) in [5.74, 6) is 0. The van der Waals surface area contributed by atoms with E-state index in [1.165, 1.54) is 4.90 Å². The highest BCUT2D eigenvalue weighted by Gasteiger charge is 2.07. The summed E-state index contributed by atoms with van der Waals surface area (Å²) in [6.07, 6.45) is 6.47. The largest absolute Gasteiger partial charge is 0.336 e. The van der Waals surface area contributed by atoms with Crippen LogP contribution in [-0.4, -0.2) is 27.4 Å². The van der Waals surface area contributed by atoms with Crippen molar-refractivity contribution < 1.29 is 4.79 Å². The Hall–Kier alpha value is -1.95. The number of aryl methyl sites for hydroxylation is 1. The first-order valence-corrected chi connectivity index (χ1v) is 8.74. The Morgan fingerprint density at radius 3 is 2.91 bits per heavy atom. The molecular weight excluding hydrogens is 308 g/mol. The minimum absolute atomic E-state index is 0.185. The molecule has 0 saturated heterocycles. The Bertz CT molecular complexity index is 628. The zero-order valence-corrected chi connectivity index (χ0v) is 14.7. The van der Waals surface area contributed by atoms with E-state index in [2.05, 4.69) is 41.6 Å². The summed E-state index contributed by atoms with van der Waals surface area (Å²) in [5, 5.41) is 6.35. The summed E-state index contributed by atoms with van der Waals surface area (Å²) in [6.45, 7) is 7.69. The van der Waals surface area contributed by atoms with Gasteiger partial charge in [0, 0.05) is 41.3 Å². The van der Waals surface area contributed by atoms with Crippen molar-refractivity contribution in [2.24, 2.45) is 0 Å². The van der Waals surface area contributed by atoms with Gasteiger partial charge in [0.2, 0.25) is 0 Å². The molecule has 1 heterocycles. The van der Waals surface area contributed by atoms with Crippen molar-refractivity contribution in [2.45, 2.75) is 43.9 Å². The van der Waals surface area contributed by atoms with Crippen LogP contribution in [0.15, 0.2) is 41.8 Å². The van der Waals surface area contributed by atoms with Gasteiger partial charge in [0.25, 0.3) is 0 Å². The number of aromatic nitrogens is 2. The van der Waals surface area contributed by atoms with Gasteiger partial charge in [-0.05, 0) is 37.1 Å². The minimum Gasteiger partial charge on any atom is -0.336 e. The summed E-state index contributed by atoms with van der Waals surface area (Å²) in [7, 11) is 0. The Morgan fingerprint density at radius 1 is 1.43 bits per heavy atom. The topological polar surface area (TPSA) is 59.0 Å². The Kier molecular flexibility index (Phi) is 6.52. The van der Waals surface area contributed by atoms with Gasteiger partial charge >= 0.3 is 6.03 Å². The number of anilines is 1. The summed E-state index contributed by atoms with van der Waals surface area (Å²) in [4.78, 5) is 17.2. The van der Waals surface area contributed by atoms with Crippen molar-refractivity contribution >= 4 is 23.5 Å². The highest BCUT2D eigenvalue weighted by molar-refractivity contribution is 7.99. The third kappa shape index (κ3) is 5.63. The van der Waals surface area contributed by atoms with Crippen molar-refractivity contribution in [1.29, 1.82) is 0 Å². The maximum absolute atomic E-state index is 11.9. The maximum atomic E-state index is 11.9. The number of rotatable bonds is 7. The Morgan fingerprint density at radius 2 is 2.26 bits per heavy atom. The molecule has 2 aromatic rings. The fourth-order valence-electron chi connectivity index (χ4n) is 2.05. The van der Waals surface area contributed by atoms with E-state index in [9.17, 15) is 4.79 Å². The van der Waals surface area contributed by atoms with Crippen molar-refractivity contribution in [3.05, 3.63) is 42.5 Å². The van der Waals surface area contributed by atoms with Gasteiger partial charge in [0.1, 0.15) is 0 Å². The highest BCUT2D eigenvalue weighted by Crippen LogP contribution is 2.28. The number of urea groups is 1. The van der Waals surface area contributed by atoms with Gasteiger partial charge in [0.05, 0.1) is 6.33 Å². The first-order valence-electron chi connectivity index (χ1n) is 7.86. The van der Waals surface area contributed by atoms with Gasteiger partial charge in [0.15, 0.2) is 0 Å². The molecule has 0 unspecified atom stereocenters. The second-order valence-corrected chi connectivity index (χ2v) is 7.01.